The largest absolute Gasteiger partial charge is 0.493 e. The Kier molecular flexibility index (Phi) is 4.32. The average molecular weight is 373 g/mol. The van der Waals surface area contributed by atoms with E-state index in [1.165, 1.54) is 19.2 Å². The predicted octanol–water partition coefficient (Wildman–Crippen LogP) is 0.409. The van der Waals surface area contributed by atoms with Crippen molar-refractivity contribution in [3.8, 4) is 17.2 Å². The summed E-state index contributed by atoms with van der Waals surface area (Å²) >= 11 is 0. The molecule has 10 nitrogen and oxygen atoms in total. The summed E-state index contributed by atoms with van der Waals surface area (Å²) in [5.74, 6) is -2.87. The van der Waals surface area contributed by atoms with E-state index in [0.717, 1.165) is 10.6 Å². The summed E-state index contributed by atoms with van der Waals surface area (Å²) in [5, 5.41) is 11.6. The van der Waals surface area contributed by atoms with Crippen LogP contribution in [0.25, 0.3) is 5.69 Å². The Morgan fingerprint density at radius 1 is 1.19 bits per heavy atom. The first-order valence-electron chi connectivity index (χ1n) is 7.79. The van der Waals surface area contributed by atoms with Crippen molar-refractivity contribution in [1.82, 2.24) is 9.88 Å². The number of hydrogen-bond acceptors (Lipinski definition) is 7. The number of carboxylic acids is 1. The number of rotatable bonds is 5. The first-order chi connectivity index (χ1) is 12.8. The maximum atomic E-state index is 12.6. The van der Waals surface area contributed by atoms with Crippen molar-refractivity contribution in [3.63, 3.8) is 0 Å². The van der Waals surface area contributed by atoms with Crippen molar-refractivity contribution in [2.45, 2.75) is 6.92 Å². The van der Waals surface area contributed by atoms with Gasteiger partial charge in [0, 0.05) is 18.2 Å². The van der Waals surface area contributed by atoms with E-state index >= 15 is 0 Å². The van der Waals surface area contributed by atoms with E-state index in [-0.39, 0.29) is 46.3 Å². The number of aromatic carboxylic acids is 1. The second kappa shape index (κ2) is 6.48. The van der Waals surface area contributed by atoms with Gasteiger partial charge in [0.05, 0.1) is 36.1 Å². The van der Waals surface area contributed by atoms with Crippen LogP contribution in [-0.2, 0) is 0 Å². The highest BCUT2D eigenvalue weighted by molar-refractivity contribution is 6.23. The van der Waals surface area contributed by atoms with E-state index in [0.29, 0.717) is 0 Å². The standard InChI is InChI=1S/C17H15N3O7/c1-3-27-11-4-7(17(24)25)9(6-10(11)26-2)20-12(21)5-8-13(14(20)18)16(23)19-15(8)22/h4-6H,3,18H2,1-2H3,(H,24,25)(H,19,22,23). The van der Waals surface area contributed by atoms with Gasteiger partial charge in [-0.1, -0.05) is 0 Å². The monoisotopic (exact) mass is 373 g/mol. The fraction of sp³-hybridized carbons (Fsp3) is 0.176. The highest BCUT2D eigenvalue weighted by Crippen LogP contribution is 2.34. The zero-order chi connectivity index (χ0) is 19.9. The second-order valence-corrected chi connectivity index (χ2v) is 5.53. The Bertz CT molecular complexity index is 1060. The molecule has 0 bridgehead atoms. The fourth-order valence-corrected chi connectivity index (χ4v) is 2.86. The van der Waals surface area contributed by atoms with Gasteiger partial charge in [-0.05, 0) is 6.92 Å². The van der Waals surface area contributed by atoms with E-state index in [4.69, 9.17) is 15.2 Å². The third-order valence-electron chi connectivity index (χ3n) is 4.01. The molecule has 2 amide bonds. The predicted molar refractivity (Wildman–Crippen MR) is 92.9 cm³/mol. The number of fused-ring (bicyclic) bond motifs is 1. The topological polar surface area (TPSA) is 150 Å². The van der Waals surface area contributed by atoms with Gasteiger partial charge in [-0.15, -0.1) is 0 Å². The van der Waals surface area contributed by atoms with E-state index in [1.54, 1.807) is 6.92 Å². The van der Waals surface area contributed by atoms with Crippen molar-refractivity contribution >= 4 is 23.6 Å². The molecule has 0 spiro atoms. The lowest BCUT2D eigenvalue weighted by Crippen LogP contribution is -2.25. The number of carbonyl (C=O) groups excluding carboxylic acids is 2. The minimum atomic E-state index is -1.35. The molecule has 0 fully saturated rings. The van der Waals surface area contributed by atoms with Gasteiger partial charge in [0.15, 0.2) is 11.5 Å². The Labute approximate surface area is 152 Å². The highest BCUT2D eigenvalue weighted by Gasteiger charge is 2.32. The van der Waals surface area contributed by atoms with Crippen LogP contribution in [0.15, 0.2) is 23.0 Å². The molecular formula is C17H15N3O7. The van der Waals surface area contributed by atoms with Crippen molar-refractivity contribution in [2.75, 3.05) is 19.5 Å². The molecular weight excluding hydrogens is 358 g/mol. The Morgan fingerprint density at radius 2 is 1.89 bits per heavy atom. The smallest absolute Gasteiger partial charge is 0.337 e. The van der Waals surface area contributed by atoms with Crippen LogP contribution in [-0.4, -0.2) is 41.2 Å². The lowest BCUT2D eigenvalue weighted by atomic mass is 10.1. The summed E-state index contributed by atoms with van der Waals surface area (Å²) in [6.45, 7) is 1.98. The summed E-state index contributed by atoms with van der Waals surface area (Å²) < 4.78 is 11.4. The zero-order valence-corrected chi connectivity index (χ0v) is 14.4. The number of benzene rings is 1. The molecule has 0 radical (unpaired) electrons. The van der Waals surface area contributed by atoms with Gasteiger partial charge in [-0.25, -0.2) is 4.79 Å². The molecule has 0 atom stereocenters. The Hall–Kier alpha value is -3.82. The van der Waals surface area contributed by atoms with Crippen LogP contribution in [0.1, 0.15) is 38.0 Å². The molecule has 2 heterocycles. The minimum absolute atomic E-state index is 0.125. The Balaban J connectivity index is 2.36. The third-order valence-corrected chi connectivity index (χ3v) is 4.01. The number of anilines is 1. The maximum Gasteiger partial charge on any atom is 0.337 e. The van der Waals surface area contributed by atoms with Crippen LogP contribution < -0.4 is 26.1 Å². The van der Waals surface area contributed by atoms with Crippen LogP contribution in [0, 0.1) is 0 Å². The van der Waals surface area contributed by atoms with Crippen molar-refractivity contribution < 1.29 is 29.0 Å². The Morgan fingerprint density at radius 3 is 2.48 bits per heavy atom. The molecule has 0 unspecified atom stereocenters. The number of ether oxygens (including phenoxy) is 2. The molecule has 1 aliphatic heterocycles. The quantitative estimate of drug-likeness (QED) is 0.638. The molecule has 140 valence electrons. The molecule has 1 aliphatic rings. The number of nitrogens with zero attached hydrogens (tertiary/aromatic N) is 1. The van der Waals surface area contributed by atoms with Gasteiger partial charge in [0.2, 0.25) is 0 Å². The van der Waals surface area contributed by atoms with Gasteiger partial charge >= 0.3 is 5.97 Å². The van der Waals surface area contributed by atoms with Gasteiger partial charge in [0.1, 0.15) is 5.82 Å². The van der Waals surface area contributed by atoms with Crippen molar-refractivity contribution in [1.29, 1.82) is 0 Å². The number of carboxylic acid groups (broad SMARTS) is 1. The molecule has 1 aromatic heterocycles. The number of nitrogen functional groups attached to an aromatic ring is 1. The van der Waals surface area contributed by atoms with Gasteiger partial charge in [0.25, 0.3) is 17.4 Å². The first kappa shape index (κ1) is 18.0. The first-order valence-corrected chi connectivity index (χ1v) is 7.79. The van der Waals surface area contributed by atoms with Crippen LogP contribution in [0.4, 0.5) is 5.82 Å². The number of methoxy groups -OCH3 is 1. The van der Waals surface area contributed by atoms with E-state index in [2.05, 4.69) is 0 Å². The number of hydrogen-bond donors (Lipinski definition) is 3. The molecule has 1 aromatic carbocycles. The van der Waals surface area contributed by atoms with E-state index < -0.39 is 23.3 Å². The normalized spacial score (nSPS) is 12.5. The summed E-state index contributed by atoms with van der Waals surface area (Å²) in [4.78, 5) is 48.0. The summed E-state index contributed by atoms with van der Waals surface area (Å²) in [5.41, 5.74) is 4.42. The average Bonchev–Trinajstić information content (AvgIpc) is 2.89. The van der Waals surface area contributed by atoms with Crippen LogP contribution in [0.3, 0.4) is 0 Å². The number of nitrogens with two attached hydrogens (primary N) is 1. The fourth-order valence-electron chi connectivity index (χ4n) is 2.86. The molecule has 0 aliphatic carbocycles. The van der Waals surface area contributed by atoms with Crippen LogP contribution in [0.2, 0.25) is 0 Å². The number of imide groups is 1. The van der Waals surface area contributed by atoms with Crippen molar-refractivity contribution in [3.05, 3.63) is 45.2 Å². The number of nitrogens with one attached hydrogen (secondary N) is 1. The van der Waals surface area contributed by atoms with Gasteiger partial charge < -0.3 is 20.3 Å². The van der Waals surface area contributed by atoms with Crippen LogP contribution in [0.5, 0.6) is 11.5 Å². The molecule has 0 saturated heterocycles. The molecule has 2 aromatic rings. The highest BCUT2D eigenvalue weighted by atomic mass is 16.5. The summed E-state index contributed by atoms with van der Waals surface area (Å²) in [6, 6.07) is 3.40. The lowest BCUT2D eigenvalue weighted by molar-refractivity contribution is 0.0695. The zero-order valence-electron chi connectivity index (χ0n) is 14.4. The molecule has 4 N–H and O–H groups in total. The van der Waals surface area contributed by atoms with E-state index in [1.807, 2.05) is 5.32 Å². The van der Waals surface area contributed by atoms with Crippen molar-refractivity contribution in [2.24, 2.45) is 0 Å². The van der Waals surface area contributed by atoms with Gasteiger partial charge in [-0.2, -0.15) is 0 Å². The molecule has 0 saturated carbocycles. The maximum absolute atomic E-state index is 12.6. The minimum Gasteiger partial charge on any atom is -0.493 e. The number of carbonyl (C=O) groups is 3. The number of pyridine rings is 1. The summed E-state index contributed by atoms with van der Waals surface area (Å²) in [7, 11) is 1.35. The summed E-state index contributed by atoms with van der Waals surface area (Å²) in [6.07, 6.45) is 0. The van der Waals surface area contributed by atoms with E-state index in [9.17, 15) is 24.3 Å². The number of amides is 2. The molecule has 10 heteroatoms. The molecule has 27 heavy (non-hydrogen) atoms. The third kappa shape index (κ3) is 2.76. The SMILES string of the molecule is CCOc1cc(C(=O)O)c(-n2c(N)c3c(cc2=O)C(=O)NC3=O)cc1OC. The second-order valence-electron chi connectivity index (χ2n) is 5.53. The molecule has 3 rings (SSSR count). The van der Waals surface area contributed by atoms with Crippen LogP contribution >= 0.6 is 0 Å². The van der Waals surface area contributed by atoms with Gasteiger partial charge in [-0.3, -0.25) is 24.3 Å². The number of aromatic nitrogens is 1. The lowest BCUT2D eigenvalue weighted by Gasteiger charge is -2.17.